The molecule has 2 amide bonds. The number of pyridine rings is 1. The van der Waals surface area contributed by atoms with E-state index in [1.54, 1.807) is 0 Å². The lowest BCUT2D eigenvalue weighted by molar-refractivity contribution is -0.128. The van der Waals surface area contributed by atoms with Gasteiger partial charge < -0.3 is 20.4 Å². The fraction of sp³-hybridized carbons (Fsp3) is 0.632. The van der Waals surface area contributed by atoms with E-state index in [-0.39, 0.29) is 17.2 Å². The highest BCUT2D eigenvalue weighted by molar-refractivity contribution is 5.94. The Morgan fingerprint density at radius 1 is 1.23 bits per heavy atom. The highest BCUT2D eigenvalue weighted by Crippen LogP contribution is 2.32. The molecule has 1 unspecified atom stereocenters. The molecule has 144 valence electrons. The molecule has 3 N–H and O–H groups in total. The van der Waals surface area contributed by atoms with Gasteiger partial charge in [0, 0.05) is 29.8 Å². The Bertz CT molecular complexity index is 685. The number of nitrogens with one attached hydrogen (secondary N) is 3. The van der Waals surface area contributed by atoms with Crippen LogP contribution in [0.4, 0.5) is 10.6 Å². The third-order valence-electron chi connectivity index (χ3n) is 4.49. The number of rotatable bonds is 4. The number of hydrogen-bond acceptors (Lipinski definition) is 4. The number of aromatic amines is 1. The summed E-state index contributed by atoms with van der Waals surface area (Å²) < 4.78 is 5.51. The van der Waals surface area contributed by atoms with Crippen molar-refractivity contribution in [2.45, 2.75) is 65.0 Å². The van der Waals surface area contributed by atoms with Crippen molar-refractivity contribution >= 4 is 17.8 Å². The number of aromatic nitrogens is 1. The molecule has 0 aromatic carbocycles. The summed E-state index contributed by atoms with van der Waals surface area (Å²) in [6.45, 7) is 7.73. The van der Waals surface area contributed by atoms with Crippen LogP contribution < -0.4 is 16.1 Å². The molecule has 0 spiro atoms. The van der Waals surface area contributed by atoms with E-state index >= 15 is 0 Å². The molecule has 0 bridgehead atoms. The third-order valence-corrected chi connectivity index (χ3v) is 4.49. The van der Waals surface area contributed by atoms with E-state index in [1.807, 2.05) is 20.8 Å². The van der Waals surface area contributed by atoms with Crippen molar-refractivity contribution in [3.05, 3.63) is 28.6 Å². The molecule has 1 aliphatic carbocycles. The van der Waals surface area contributed by atoms with Gasteiger partial charge in [0.15, 0.2) is 11.5 Å². The van der Waals surface area contributed by atoms with Crippen LogP contribution in [0.25, 0.3) is 0 Å². The van der Waals surface area contributed by atoms with Gasteiger partial charge in [-0.1, -0.05) is 19.8 Å². The zero-order valence-corrected chi connectivity index (χ0v) is 15.9. The summed E-state index contributed by atoms with van der Waals surface area (Å²) in [4.78, 5) is 39.2. The zero-order valence-electron chi connectivity index (χ0n) is 15.9. The number of alkyl carbamates (subject to hydrolysis) is 1. The SMILES string of the molecule is CC1CCC(C(OC(=O)NC(C)(C)C)C(=O)Nc2cc(=O)cc[nH]2)CC1. The summed E-state index contributed by atoms with van der Waals surface area (Å²) in [5, 5.41) is 5.39. The second-order valence-electron chi connectivity index (χ2n) is 8.15. The number of carbonyl (C=O) groups is 2. The number of carbonyl (C=O) groups excluding carboxylic acids is 2. The van der Waals surface area contributed by atoms with Gasteiger partial charge in [0.2, 0.25) is 0 Å². The smallest absolute Gasteiger partial charge is 0.408 e. The molecule has 1 aromatic heterocycles. The minimum Gasteiger partial charge on any atom is -0.436 e. The molecule has 2 rings (SSSR count). The van der Waals surface area contributed by atoms with Crippen LogP contribution in [0, 0.1) is 11.8 Å². The molecular weight excluding hydrogens is 334 g/mol. The lowest BCUT2D eigenvalue weighted by Gasteiger charge is -2.32. The van der Waals surface area contributed by atoms with Crippen molar-refractivity contribution in [3.8, 4) is 0 Å². The predicted molar refractivity (Wildman–Crippen MR) is 100.0 cm³/mol. The van der Waals surface area contributed by atoms with Gasteiger partial charge in [-0.15, -0.1) is 0 Å². The van der Waals surface area contributed by atoms with Crippen LogP contribution in [-0.2, 0) is 9.53 Å². The molecule has 1 saturated carbocycles. The van der Waals surface area contributed by atoms with Crippen molar-refractivity contribution < 1.29 is 14.3 Å². The fourth-order valence-corrected chi connectivity index (χ4v) is 3.13. The summed E-state index contributed by atoms with van der Waals surface area (Å²) in [6, 6.07) is 2.66. The van der Waals surface area contributed by atoms with Crippen molar-refractivity contribution in [1.29, 1.82) is 0 Å². The molecule has 1 aliphatic rings. The molecule has 7 nitrogen and oxygen atoms in total. The summed E-state index contributed by atoms with van der Waals surface area (Å²) in [5.74, 6) is 0.447. The fourth-order valence-electron chi connectivity index (χ4n) is 3.13. The first-order valence-corrected chi connectivity index (χ1v) is 9.12. The highest BCUT2D eigenvalue weighted by Gasteiger charge is 2.35. The second-order valence-corrected chi connectivity index (χ2v) is 8.15. The van der Waals surface area contributed by atoms with Crippen LogP contribution >= 0.6 is 0 Å². The minimum atomic E-state index is -0.895. The Morgan fingerprint density at radius 3 is 2.46 bits per heavy atom. The molecule has 1 heterocycles. The van der Waals surface area contributed by atoms with Gasteiger partial charge >= 0.3 is 6.09 Å². The lowest BCUT2D eigenvalue weighted by Crippen LogP contribution is -2.47. The Kier molecular flexibility index (Phi) is 6.45. The molecule has 0 aliphatic heterocycles. The van der Waals surface area contributed by atoms with E-state index in [0.29, 0.717) is 5.92 Å². The van der Waals surface area contributed by atoms with Gasteiger partial charge in [-0.3, -0.25) is 9.59 Å². The van der Waals surface area contributed by atoms with Crippen LogP contribution in [0.5, 0.6) is 0 Å². The average molecular weight is 363 g/mol. The molecule has 7 heteroatoms. The van der Waals surface area contributed by atoms with Crippen LogP contribution in [0.1, 0.15) is 53.4 Å². The van der Waals surface area contributed by atoms with E-state index < -0.39 is 23.6 Å². The normalized spacial score (nSPS) is 21.5. The van der Waals surface area contributed by atoms with E-state index in [0.717, 1.165) is 25.7 Å². The Morgan fingerprint density at radius 2 is 1.88 bits per heavy atom. The van der Waals surface area contributed by atoms with E-state index in [1.165, 1.54) is 18.3 Å². The van der Waals surface area contributed by atoms with Crippen molar-refractivity contribution in [3.63, 3.8) is 0 Å². The first-order chi connectivity index (χ1) is 12.1. The van der Waals surface area contributed by atoms with Crippen LogP contribution in [0.2, 0.25) is 0 Å². The van der Waals surface area contributed by atoms with Gasteiger partial charge in [-0.25, -0.2) is 4.79 Å². The second kappa shape index (κ2) is 8.38. The van der Waals surface area contributed by atoms with Crippen LogP contribution in [0.3, 0.4) is 0 Å². The third kappa shape index (κ3) is 6.20. The maximum Gasteiger partial charge on any atom is 0.408 e. The van der Waals surface area contributed by atoms with Gasteiger partial charge in [0.1, 0.15) is 5.82 Å². The molecule has 0 radical (unpaired) electrons. The maximum absolute atomic E-state index is 12.8. The monoisotopic (exact) mass is 363 g/mol. The van der Waals surface area contributed by atoms with E-state index in [4.69, 9.17) is 4.74 Å². The van der Waals surface area contributed by atoms with Crippen molar-refractivity contribution in [1.82, 2.24) is 10.3 Å². The number of amides is 2. The van der Waals surface area contributed by atoms with Crippen molar-refractivity contribution in [2.24, 2.45) is 11.8 Å². The predicted octanol–water partition coefficient (Wildman–Crippen LogP) is 3.03. The minimum absolute atomic E-state index is 0.0349. The molecule has 1 atom stereocenters. The molecule has 1 fully saturated rings. The Hall–Kier alpha value is -2.31. The largest absolute Gasteiger partial charge is 0.436 e. The number of anilines is 1. The number of H-pyrrole nitrogens is 1. The molecule has 0 saturated heterocycles. The van der Waals surface area contributed by atoms with Crippen LogP contribution in [-0.4, -0.2) is 28.6 Å². The van der Waals surface area contributed by atoms with E-state index in [9.17, 15) is 14.4 Å². The summed E-state index contributed by atoms with van der Waals surface area (Å²) in [5.41, 5.74) is -0.669. The Balaban J connectivity index is 2.12. The zero-order chi connectivity index (χ0) is 19.3. The van der Waals surface area contributed by atoms with Gasteiger partial charge in [0.25, 0.3) is 5.91 Å². The topological polar surface area (TPSA) is 100 Å². The van der Waals surface area contributed by atoms with Crippen LogP contribution in [0.15, 0.2) is 23.1 Å². The first-order valence-electron chi connectivity index (χ1n) is 9.12. The standard InChI is InChI=1S/C19H29N3O4/c1-12-5-7-13(8-6-12)16(26-18(25)22-19(2,3)4)17(24)21-15-11-14(23)9-10-20-15/h9-13,16H,5-8H2,1-4H3,(H,22,25)(H2,20,21,23,24). The highest BCUT2D eigenvalue weighted by atomic mass is 16.6. The summed E-state index contributed by atoms with van der Waals surface area (Å²) in [6.07, 6.45) is 3.61. The average Bonchev–Trinajstić information content (AvgIpc) is 2.52. The van der Waals surface area contributed by atoms with Gasteiger partial charge in [0.05, 0.1) is 0 Å². The van der Waals surface area contributed by atoms with E-state index in [2.05, 4.69) is 22.5 Å². The first kappa shape index (κ1) is 20.0. The number of ether oxygens (including phenoxy) is 1. The number of hydrogen-bond donors (Lipinski definition) is 3. The molecule has 1 aromatic rings. The molecule has 26 heavy (non-hydrogen) atoms. The quantitative estimate of drug-likeness (QED) is 0.765. The Labute approximate surface area is 153 Å². The van der Waals surface area contributed by atoms with Gasteiger partial charge in [-0.05, 0) is 39.5 Å². The molecular formula is C19H29N3O4. The summed E-state index contributed by atoms with van der Waals surface area (Å²) in [7, 11) is 0. The lowest BCUT2D eigenvalue weighted by atomic mass is 9.80. The van der Waals surface area contributed by atoms with Crippen molar-refractivity contribution in [2.75, 3.05) is 5.32 Å². The maximum atomic E-state index is 12.8. The van der Waals surface area contributed by atoms with Gasteiger partial charge in [-0.2, -0.15) is 0 Å². The summed E-state index contributed by atoms with van der Waals surface area (Å²) >= 11 is 0.